The molecule has 1 fully saturated rings. The highest BCUT2D eigenvalue weighted by molar-refractivity contribution is 7.22. The topological polar surface area (TPSA) is 54.9 Å². The van der Waals surface area contributed by atoms with Crippen LogP contribution in [0, 0.1) is 6.92 Å². The predicted octanol–water partition coefficient (Wildman–Crippen LogP) is 4.91. The molecule has 0 radical (unpaired) electrons. The third kappa shape index (κ3) is 5.71. The van der Waals surface area contributed by atoms with Crippen molar-refractivity contribution in [2.24, 2.45) is 0 Å². The molecule has 32 heavy (non-hydrogen) atoms. The minimum absolute atomic E-state index is 0.0615. The summed E-state index contributed by atoms with van der Waals surface area (Å²) < 4.78 is 11.7. The first-order valence-electron chi connectivity index (χ1n) is 10.9. The van der Waals surface area contributed by atoms with Crippen LogP contribution in [-0.2, 0) is 16.1 Å². The monoisotopic (exact) mass is 473 g/mol. The number of benzene rings is 2. The number of halogens is 1. The number of carbonyl (C=O) groups excluding carboxylic acids is 1. The molecular formula is C24H28ClN3O3S. The maximum absolute atomic E-state index is 11.5. The Morgan fingerprint density at radius 2 is 2.03 bits per heavy atom. The molecule has 0 bridgehead atoms. The van der Waals surface area contributed by atoms with E-state index in [0.29, 0.717) is 6.61 Å². The second-order valence-corrected chi connectivity index (χ2v) is 9.36. The Kier molecular flexibility index (Phi) is 7.50. The lowest BCUT2D eigenvalue weighted by atomic mass is 10.1. The number of carbonyl (C=O) groups is 1. The van der Waals surface area contributed by atoms with Crippen LogP contribution in [0.1, 0.15) is 24.5 Å². The maximum Gasteiger partial charge on any atom is 0.344 e. The Hall–Kier alpha value is -2.35. The van der Waals surface area contributed by atoms with Crippen LogP contribution in [0.15, 0.2) is 36.4 Å². The summed E-state index contributed by atoms with van der Waals surface area (Å²) in [6.07, 6.45) is 1.09. The summed E-state index contributed by atoms with van der Waals surface area (Å²) in [6.45, 7) is 8.97. The van der Waals surface area contributed by atoms with E-state index < -0.39 is 0 Å². The van der Waals surface area contributed by atoms with Crippen molar-refractivity contribution in [1.29, 1.82) is 0 Å². The van der Waals surface area contributed by atoms with Crippen LogP contribution in [0.2, 0.25) is 5.02 Å². The largest absolute Gasteiger partial charge is 0.482 e. The lowest BCUT2D eigenvalue weighted by Crippen LogP contribution is -2.30. The Morgan fingerprint density at radius 1 is 1.16 bits per heavy atom. The van der Waals surface area contributed by atoms with Gasteiger partial charge in [0.2, 0.25) is 0 Å². The summed E-state index contributed by atoms with van der Waals surface area (Å²) in [6, 6.07) is 12.0. The Labute approximate surface area is 197 Å². The van der Waals surface area contributed by atoms with Gasteiger partial charge >= 0.3 is 5.97 Å². The summed E-state index contributed by atoms with van der Waals surface area (Å²) in [5.41, 5.74) is 3.28. The van der Waals surface area contributed by atoms with E-state index in [2.05, 4.69) is 21.9 Å². The molecule has 8 heteroatoms. The van der Waals surface area contributed by atoms with Gasteiger partial charge in [0, 0.05) is 37.7 Å². The minimum Gasteiger partial charge on any atom is -0.482 e. The second-order valence-electron chi connectivity index (χ2n) is 7.92. The molecule has 0 N–H and O–H groups in total. The fraction of sp³-hybridized carbons (Fsp3) is 0.417. The molecule has 2 heterocycles. The number of aromatic nitrogens is 1. The maximum atomic E-state index is 11.5. The van der Waals surface area contributed by atoms with Gasteiger partial charge in [0.1, 0.15) is 5.75 Å². The number of hydrogen-bond acceptors (Lipinski definition) is 7. The standard InChI is InChI=1S/C24H28ClN3O3S/c1-3-30-23(29)16-31-21-8-5-18(13-17(21)2)15-27-9-4-10-28(12-11-27)24-26-20-7-6-19(25)14-22(20)32-24/h5-8,13-14H,3-4,9-12,15-16H2,1-2H3. The zero-order valence-corrected chi connectivity index (χ0v) is 20.0. The van der Waals surface area contributed by atoms with E-state index in [1.54, 1.807) is 18.3 Å². The van der Waals surface area contributed by atoms with Crippen LogP contribution in [-0.4, -0.2) is 55.2 Å². The van der Waals surface area contributed by atoms with Crippen molar-refractivity contribution >= 4 is 44.3 Å². The first-order chi connectivity index (χ1) is 15.5. The first-order valence-corrected chi connectivity index (χ1v) is 12.1. The number of hydrogen-bond donors (Lipinski definition) is 0. The highest BCUT2D eigenvalue weighted by atomic mass is 35.5. The number of esters is 1. The van der Waals surface area contributed by atoms with Crippen molar-refractivity contribution in [2.75, 3.05) is 44.3 Å². The van der Waals surface area contributed by atoms with Crippen LogP contribution in [0.25, 0.3) is 10.2 Å². The summed E-state index contributed by atoms with van der Waals surface area (Å²) >= 11 is 7.84. The summed E-state index contributed by atoms with van der Waals surface area (Å²) in [7, 11) is 0. The summed E-state index contributed by atoms with van der Waals surface area (Å²) in [4.78, 5) is 21.2. The zero-order valence-electron chi connectivity index (χ0n) is 18.5. The second kappa shape index (κ2) is 10.5. The van der Waals surface area contributed by atoms with E-state index >= 15 is 0 Å². The average molecular weight is 474 g/mol. The molecule has 1 aliphatic heterocycles. The highest BCUT2D eigenvalue weighted by Crippen LogP contribution is 2.31. The number of anilines is 1. The Morgan fingerprint density at radius 3 is 2.84 bits per heavy atom. The first kappa shape index (κ1) is 22.8. The van der Waals surface area contributed by atoms with Crippen LogP contribution in [0.5, 0.6) is 5.75 Å². The van der Waals surface area contributed by atoms with Gasteiger partial charge in [-0.1, -0.05) is 35.1 Å². The van der Waals surface area contributed by atoms with E-state index in [9.17, 15) is 4.79 Å². The quantitative estimate of drug-likeness (QED) is 0.454. The molecule has 1 aliphatic rings. The molecule has 0 unspecified atom stereocenters. The molecular weight excluding hydrogens is 446 g/mol. The van der Waals surface area contributed by atoms with E-state index in [4.69, 9.17) is 26.1 Å². The highest BCUT2D eigenvalue weighted by Gasteiger charge is 2.18. The van der Waals surface area contributed by atoms with Crippen molar-refractivity contribution in [1.82, 2.24) is 9.88 Å². The molecule has 0 atom stereocenters. The minimum atomic E-state index is -0.346. The number of rotatable bonds is 7. The van der Waals surface area contributed by atoms with Crippen molar-refractivity contribution in [2.45, 2.75) is 26.8 Å². The molecule has 1 saturated heterocycles. The van der Waals surface area contributed by atoms with E-state index in [1.165, 1.54) is 5.56 Å². The molecule has 2 aromatic carbocycles. The Bertz CT molecular complexity index is 1090. The molecule has 0 amide bonds. The van der Waals surface area contributed by atoms with Gasteiger partial charge in [-0.15, -0.1) is 0 Å². The SMILES string of the molecule is CCOC(=O)COc1ccc(CN2CCCN(c3nc4ccc(Cl)cc4s3)CC2)cc1C. The van der Waals surface area contributed by atoms with Gasteiger partial charge in [-0.25, -0.2) is 9.78 Å². The van der Waals surface area contributed by atoms with Crippen LogP contribution in [0.4, 0.5) is 5.13 Å². The van der Waals surface area contributed by atoms with Gasteiger partial charge in [-0.2, -0.15) is 0 Å². The van der Waals surface area contributed by atoms with Crippen LogP contribution in [0.3, 0.4) is 0 Å². The molecule has 3 aromatic rings. The van der Waals surface area contributed by atoms with Gasteiger partial charge in [-0.05, 0) is 55.7 Å². The molecule has 6 nitrogen and oxygen atoms in total. The number of thiazole rings is 1. The molecule has 0 saturated carbocycles. The lowest BCUT2D eigenvalue weighted by Gasteiger charge is -2.22. The zero-order chi connectivity index (χ0) is 22.5. The number of ether oxygens (including phenoxy) is 2. The number of nitrogens with zero attached hydrogens (tertiary/aromatic N) is 3. The van der Waals surface area contributed by atoms with Gasteiger partial charge in [0.15, 0.2) is 11.7 Å². The fourth-order valence-corrected chi connectivity index (χ4v) is 5.20. The van der Waals surface area contributed by atoms with E-state index in [-0.39, 0.29) is 12.6 Å². The van der Waals surface area contributed by atoms with Crippen molar-refractivity contribution < 1.29 is 14.3 Å². The fourth-order valence-electron chi connectivity index (χ4n) is 3.91. The number of aryl methyl sites for hydroxylation is 1. The molecule has 170 valence electrons. The van der Waals surface area contributed by atoms with Gasteiger partial charge in [-0.3, -0.25) is 4.90 Å². The van der Waals surface area contributed by atoms with Crippen molar-refractivity contribution in [3.63, 3.8) is 0 Å². The predicted molar refractivity (Wildman–Crippen MR) is 130 cm³/mol. The van der Waals surface area contributed by atoms with Gasteiger partial charge in [0.25, 0.3) is 0 Å². The Balaban J connectivity index is 1.34. The van der Waals surface area contributed by atoms with Crippen molar-refractivity contribution in [3.8, 4) is 5.75 Å². The van der Waals surface area contributed by atoms with Gasteiger partial charge in [0.05, 0.1) is 16.8 Å². The lowest BCUT2D eigenvalue weighted by molar-refractivity contribution is -0.145. The average Bonchev–Trinajstić information content (AvgIpc) is 3.04. The van der Waals surface area contributed by atoms with E-state index in [0.717, 1.165) is 70.8 Å². The summed E-state index contributed by atoms with van der Waals surface area (Å²) in [5, 5.41) is 1.82. The number of fused-ring (bicyclic) bond motifs is 1. The molecule has 0 spiro atoms. The van der Waals surface area contributed by atoms with E-state index in [1.807, 2.05) is 31.2 Å². The third-order valence-corrected chi connectivity index (χ3v) is 6.81. The van der Waals surface area contributed by atoms with Gasteiger partial charge < -0.3 is 14.4 Å². The third-order valence-electron chi connectivity index (χ3n) is 5.49. The summed E-state index contributed by atoms with van der Waals surface area (Å²) in [5.74, 6) is 0.376. The molecule has 4 rings (SSSR count). The molecule has 0 aliphatic carbocycles. The van der Waals surface area contributed by atoms with Crippen LogP contribution < -0.4 is 9.64 Å². The normalized spacial score (nSPS) is 15.0. The molecule has 1 aromatic heterocycles. The van der Waals surface area contributed by atoms with Crippen molar-refractivity contribution in [3.05, 3.63) is 52.5 Å². The smallest absolute Gasteiger partial charge is 0.344 e. The van der Waals surface area contributed by atoms with Crippen LogP contribution >= 0.6 is 22.9 Å².